The van der Waals surface area contributed by atoms with Crippen molar-refractivity contribution in [3.05, 3.63) is 99.5 Å². The maximum atomic E-state index is 11.0. The zero-order valence-electron chi connectivity index (χ0n) is 14.2. The Hall–Kier alpha value is -2.59. The molecule has 0 aliphatic heterocycles. The van der Waals surface area contributed by atoms with Crippen LogP contribution >= 0.6 is 15.9 Å². The van der Waals surface area contributed by atoms with Gasteiger partial charge in [0.25, 0.3) is 0 Å². The average Bonchev–Trinajstić information content (AvgIpc) is 2.66. The fourth-order valence-electron chi connectivity index (χ4n) is 2.74. The molecule has 0 atom stereocenters. The van der Waals surface area contributed by atoms with Crippen LogP contribution in [0.1, 0.15) is 27.0 Å². The molecular weight excluding hydrogens is 392 g/mol. The third kappa shape index (κ3) is 4.73. The summed E-state index contributed by atoms with van der Waals surface area (Å²) < 4.78 is 6.82. The molecular formula is C22H19BrO3. The second-order valence-electron chi connectivity index (χ2n) is 5.99. The number of benzene rings is 3. The highest BCUT2D eigenvalue weighted by atomic mass is 79.9. The summed E-state index contributed by atoms with van der Waals surface area (Å²) in [5.74, 6) is -0.0356. The molecule has 0 bridgehead atoms. The van der Waals surface area contributed by atoms with Crippen molar-refractivity contribution in [1.82, 2.24) is 0 Å². The monoisotopic (exact) mass is 410 g/mol. The molecule has 0 unspecified atom stereocenters. The SMILES string of the molecule is O=C(O)c1ccc(CCc2ccccc2OCc2ccccc2)c(Br)c1. The lowest BCUT2D eigenvalue weighted by molar-refractivity contribution is 0.0697. The molecule has 26 heavy (non-hydrogen) atoms. The minimum Gasteiger partial charge on any atom is -0.489 e. The molecule has 0 saturated carbocycles. The van der Waals surface area contributed by atoms with Crippen LogP contribution in [0.4, 0.5) is 0 Å². The van der Waals surface area contributed by atoms with E-state index in [-0.39, 0.29) is 5.56 Å². The van der Waals surface area contributed by atoms with Crippen LogP contribution in [0.3, 0.4) is 0 Å². The molecule has 1 N–H and O–H groups in total. The first-order chi connectivity index (χ1) is 12.6. The maximum Gasteiger partial charge on any atom is 0.335 e. The molecule has 132 valence electrons. The van der Waals surface area contributed by atoms with Crippen molar-refractivity contribution in [3.8, 4) is 5.75 Å². The number of carboxylic acid groups (broad SMARTS) is 1. The fraction of sp³-hybridized carbons (Fsp3) is 0.136. The lowest BCUT2D eigenvalue weighted by atomic mass is 10.0. The Bertz CT molecular complexity index is 891. The van der Waals surface area contributed by atoms with Crippen LogP contribution < -0.4 is 4.74 Å². The van der Waals surface area contributed by atoms with Crippen molar-refractivity contribution in [3.63, 3.8) is 0 Å². The number of aryl methyl sites for hydroxylation is 2. The highest BCUT2D eigenvalue weighted by molar-refractivity contribution is 9.10. The van der Waals surface area contributed by atoms with Crippen LogP contribution in [0.15, 0.2) is 77.3 Å². The van der Waals surface area contributed by atoms with Gasteiger partial charge in [-0.1, -0.05) is 70.5 Å². The molecule has 0 aliphatic rings. The van der Waals surface area contributed by atoms with E-state index in [1.807, 2.05) is 54.6 Å². The topological polar surface area (TPSA) is 46.5 Å². The number of carbonyl (C=O) groups is 1. The first-order valence-corrected chi connectivity index (χ1v) is 9.19. The molecule has 0 spiro atoms. The van der Waals surface area contributed by atoms with Crippen LogP contribution in [0, 0.1) is 0 Å². The van der Waals surface area contributed by atoms with Crippen molar-refractivity contribution >= 4 is 21.9 Å². The van der Waals surface area contributed by atoms with Crippen LogP contribution in [0.2, 0.25) is 0 Å². The molecule has 3 aromatic carbocycles. The summed E-state index contributed by atoms with van der Waals surface area (Å²) in [5, 5.41) is 9.06. The summed E-state index contributed by atoms with van der Waals surface area (Å²) in [7, 11) is 0. The normalized spacial score (nSPS) is 10.5. The Morgan fingerprint density at radius 1 is 0.885 bits per heavy atom. The smallest absolute Gasteiger partial charge is 0.335 e. The molecule has 0 aliphatic carbocycles. The highest BCUT2D eigenvalue weighted by Crippen LogP contribution is 2.24. The quantitative estimate of drug-likeness (QED) is 0.558. The Morgan fingerprint density at radius 3 is 2.31 bits per heavy atom. The Kier molecular flexibility index (Phi) is 6.08. The molecule has 4 heteroatoms. The summed E-state index contributed by atoms with van der Waals surface area (Å²) in [6.07, 6.45) is 1.61. The predicted molar refractivity (Wildman–Crippen MR) is 106 cm³/mol. The van der Waals surface area contributed by atoms with E-state index in [2.05, 4.69) is 22.0 Å². The maximum absolute atomic E-state index is 11.0. The molecule has 0 fully saturated rings. The van der Waals surface area contributed by atoms with E-state index in [1.165, 1.54) is 0 Å². The highest BCUT2D eigenvalue weighted by Gasteiger charge is 2.09. The lowest BCUT2D eigenvalue weighted by Crippen LogP contribution is -2.01. The number of hydrogen-bond donors (Lipinski definition) is 1. The van der Waals surface area contributed by atoms with Crippen molar-refractivity contribution in [2.75, 3.05) is 0 Å². The second-order valence-corrected chi connectivity index (χ2v) is 6.85. The average molecular weight is 411 g/mol. The number of para-hydroxylation sites is 1. The largest absolute Gasteiger partial charge is 0.489 e. The number of hydrogen-bond acceptors (Lipinski definition) is 2. The number of halogens is 1. The van der Waals surface area contributed by atoms with Crippen molar-refractivity contribution < 1.29 is 14.6 Å². The zero-order valence-corrected chi connectivity index (χ0v) is 15.8. The standard InChI is InChI=1S/C22H19BrO3/c23-20-14-19(22(24)25)13-11-17(20)10-12-18-8-4-5-9-21(18)26-15-16-6-2-1-3-7-16/h1-9,11,13-14H,10,12,15H2,(H,24,25). The van der Waals surface area contributed by atoms with Crippen LogP contribution in [-0.4, -0.2) is 11.1 Å². The second kappa shape index (κ2) is 8.68. The molecule has 0 radical (unpaired) electrons. The number of aromatic carboxylic acids is 1. The summed E-state index contributed by atoms with van der Waals surface area (Å²) in [4.78, 5) is 11.0. The Labute approximate surface area is 161 Å². The van der Waals surface area contributed by atoms with E-state index < -0.39 is 5.97 Å². The first-order valence-electron chi connectivity index (χ1n) is 8.40. The van der Waals surface area contributed by atoms with Gasteiger partial charge >= 0.3 is 5.97 Å². The first kappa shape index (κ1) is 18.2. The van der Waals surface area contributed by atoms with Gasteiger partial charge in [0.1, 0.15) is 12.4 Å². The summed E-state index contributed by atoms with van der Waals surface area (Å²) in [5.41, 5.74) is 3.63. The van der Waals surface area contributed by atoms with Gasteiger partial charge in [-0.25, -0.2) is 4.79 Å². The third-order valence-electron chi connectivity index (χ3n) is 4.17. The third-order valence-corrected chi connectivity index (χ3v) is 4.91. The van der Waals surface area contributed by atoms with Crippen molar-refractivity contribution in [2.24, 2.45) is 0 Å². The minimum atomic E-state index is -0.920. The van der Waals surface area contributed by atoms with Gasteiger partial charge in [-0.2, -0.15) is 0 Å². The summed E-state index contributed by atoms with van der Waals surface area (Å²) >= 11 is 3.47. The van der Waals surface area contributed by atoms with E-state index in [0.717, 1.165) is 39.8 Å². The van der Waals surface area contributed by atoms with Gasteiger partial charge in [0.15, 0.2) is 0 Å². The van der Waals surface area contributed by atoms with Crippen molar-refractivity contribution in [1.29, 1.82) is 0 Å². The molecule has 3 rings (SSSR count). The molecule has 0 amide bonds. The van der Waals surface area contributed by atoms with Crippen molar-refractivity contribution in [2.45, 2.75) is 19.4 Å². The van der Waals surface area contributed by atoms with E-state index >= 15 is 0 Å². The molecule has 0 heterocycles. The van der Waals surface area contributed by atoms with E-state index in [4.69, 9.17) is 9.84 Å². The summed E-state index contributed by atoms with van der Waals surface area (Å²) in [6, 6.07) is 23.3. The van der Waals surface area contributed by atoms with Crippen LogP contribution in [0.25, 0.3) is 0 Å². The van der Waals surface area contributed by atoms with Gasteiger partial charge in [0.05, 0.1) is 5.56 Å². The van der Waals surface area contributed by atoms with Crippen LogP contribution in [-0.2, 0) is 19.4 Å². The lowest BCUT2D eigenvalue weighted by Gasteiger charge is -2.12. The van der Waals surface area contributed by atoms with Gasteiger partial charge in [0.2, 0.25) is 0 Å². The van der Waals surface area contributed by atoms with Gasteiger partial charge in [-0.3, -0.25) is 0 Å². The molecule has 0 aromatic heterocycles. The van der Waals surface area contributed by atoms with E-state index in [0.29, 0.717) is 6.61 Å². The Balaban J connectivity index is 1.68. The molecule has 3 nitrogen and oxygen atoms in total. The number of carboxylic acids is 1. The molecule has 0 saturated heterocycles. The van der Waals surface area contributed by atoms with E-state index in [1.54, 1.807) is 12.1 Å². The van der Waals surface area contributed by atoms with Crippen LogP contribution in [0.5, 0.6) is 5.75 Å². The number of rotatable bonds is 7. The summed E-state index contributed by atoms with van der Waals surface area (Å²) in [6.45, 7) is 0.537. The molecule has 3 aromatic rings. The minimum absolute atomic E-state index is 0.284. The fourth-order valence-corrected chi connectivity index (χ4v) is 3.32. The van der Waals surface area contributed by atoms with E-state index in [9.17, 15) is 4.79 Å². The predicted octanol–water partition coefficient (Wildman–Crippen LogP) is 5.51. The van der Waals surface area contributed by atoms with Gasteiger partial charge in [-0.15, -0.1) is 0 Å². The zero-order chi connectivity index (χ0) is 18.4. The Morgan fingerprint density at radius 2 is 1.58 bits per heavy atom. The van der Waals surface area contributed by atoms with Gasteiger partial charge in [-0.05, 0) is 47.7 Å². The number of ether oxygens (including phenoxy) is 1. The van der Waals surface area contributed by atoms with Gasteiger partial charge < -0.3 is 9.84 Å². The van der Waals surface area contributed by atoms with Gasteiger partial charge in [0, 0.05) is 4.47 Å².